The van der Waals surface area contributed by atoms with Crippen LogP contribution in [0.1, 0.15) is 51.4 Å². The fourth-order valence-corrected chi connectivity index (χ4v) is 5.45. The lowest BCUT2D eigenvalue weighted by atomic mass is 9.88. The number of amides is 2. The number of rotatable bonds is 8. The van der Waals surface area contributed by atoms with Crippen LogP contribution < -0.4 is 10.6 Å². The van der Waals surface area contributed by atoms with Gasteiger partial charge in [0.05, 0.1) is 22.8 Å². The Morgan fingerprint density at radius 2 is 1.94 bits per heavy atom. The molecule has 1 aliphatic carbocycles. The van der Waals surface area contributed by atoms with Gasteiger partial charge >= 0.3 is 11.9 Å². The predicted molar refractivity (Wildman–Crippen MR) is 130 cm³/mol. The number of ether oxygens (including phenoxy) is 2. The van der Waals surface area contributed by atoms with Crippen LogP contribution in [0.25, 0.3) is 0 Å². The summed E-state index contributed by atoms with van der Waals surface area (Å²) in [7, 11) is 0. The third-order valence-electron chi connectivity index (χ3n) is 5.18. The smallest absolute Gasteiger partial charge is 0.341 e. The van der Waals surface area contributed by atoms with Gasteiger partial charge in [0.15, 0.2) is 6.61 Å². The molecule has 1 unspecified atom stereocenters. The van der Waals surface area contributed by atoms with Gasteiger partial charge < -0.3 is 20.1 Å². The summed E-state index contributed by atoms with van der Waals surface area (Å²) in [4.78, 5) is 50.1. The highest BCUT2D eigenvalue weighted by molar-refractivity contribution is 7.17. The van der Waals surface area contributed by atoms with Gasteiger partial charge in [0.2, 0.25) is 0 Å². The van der Waals surface area contributed by atoms with Gasteiger partial charge in [0.1, 0.15) is 11.5 Å². The highest BCUT2D eigenvalue weighted by Crippen LogP contribution is 2.40. The molecule has 1 aliphatic rings. The number of esters is 2. The van der Waals surface area contributed by atoms with Gasteiger partial charge in [-0.05, 0) is 55.9 Å². The summed E-state index contributed by atoms with van der Waals surface area (Å²) in [6, 6.07) is 4.34. The third-order valence-corrected chi connectivity index (χ3v) is 6.90. The summed E-state index contributed by atoms with van der Waals surface area (Å²) < 4.78 is 10.1. The van der Waals surface area contributed by atoms with Crippen molar-refractivity contribution in [1.29, 1.82) is 0 Å². The number of nitrogens with one attached hydrogen (secondary N) is 2. The molecule has 11 heteroatoms. The topological polar surface area (TPSA) is 111 Å². The number of hydrogen-bond acceptors (Lipinski definition) is 7. The van der Waals surface area contributed by atoms with E-state index in [1.165, 1.54) is 29.5 Å². The van der Waals surface area contributed by atoms with Crippen molar-refractivity contribution < 1.29 is 28.7 Å². The van der Waals surface area contributed by atoms with E-state index in [1.807, 2.05) is 0 Å². The van der Waals surface area contributed by atoms with Gasteiger partial charge in [-0.3, -0.25) is 14.4 Å². The van der Waals surface area contributed by atoms with E-state index in [0.717, 1.165) is 29.7 Å². The Labute approximate surface area is 210 Å². The largest absolute Gasteiger partial charge is 0.462 e. The van der Waals surface area contributed by atoms with Crippen molar-refractivity contribution in [3.8, 4) is 0 Å². The van der Waals surface area contributed by atoms with E-state index in [4.69, 9.17) is 32.7 Å². The Kier molecular flexibility index (Phi) is 8.93. The monoisotopic (exact) mass is 526 g/mol. The van der Waals surface area contributed by atoms with Crippen molar-refractivity contribution in [3.05, 3.63) is 49.8 Å². The molecule has 1 aromatic heterocycles. The number of hydrogen-bond donors (Lipinski definition) is 2. The van der Waals surface area contributed by atoms with Crippen molar-refractivity contribution >= 4 is 63.3 Å². The van der Waals surface area contributed by atoms with Crippen LogP contribution >= 0.6 is 34.5 Å². The second-order valence-corrected chi connectivity index (χ2v) is 9.74. The molecule has 0 aliphatic heterocycles. The average molecular weight is 527 g/mol. The Hall–Kier alpha value is -2.62. The van der Waals surface area contributed by atoms with E-state index in [-0.39, 0.29) is 17.2 Å². The van der Waals surface area contributed by atoms with Gasteiger partial charge in [-0.25, -0.2) is 4.79 Å². The van der Waals surface area contributed by atoms with Crippen LogP contribution in [0.4, 0.5) is 5.00 Å². The van der Waals surface area contributed by atoms with Gasteiger partial charge in [-0.15, -0.1) is 11.3 Å². The van der Waals surface area contributed by atoms with E-state index >= 15 is 0 Å². The molecule has 0 saturated carbocycles. The number of carbonyl (C=O) groups is 4. The molecule has 2 amide bonds. The van der Waals surface area contributed by atoms with E-state index < -0.39 is 36.9 Å². The molecule has 0 radical (unpaired) electrons. The maximum Gasteiger partial charge on any atom is 0.341 e. The summed E-state index contributed by atoms with van der Waals surface area (Å²) in [5.74, 6) is -1.98. The van der Waals surface area contributed by atoms with Gasteiger partial charge in [0, 0.05) is 9.90 Å². The number of thiophene rings is 1. The van der Waals surface area contributed by atoms with Crippen LogP contribution in [0.5, 0.6) is 0 Å². The second-order valence-electron chi connectivity index (χ2n) is 7.79. The Morgan fingerprint density at radius 3 is 2.65 bits per heavy atom. The van der Waals surface area contributed by atoms with Crippen LogP contribution in [0, 0.1) is 5.92 Å². The standard InChI is InChI=1S/C23H24Cl2N2O6S/c1-3-32-23(31)20-15-6-4-12(2)8-17(15)34-22(20)27-18(28)11-33-19(29)10-26-21(30)14-7-5-13(24)9-16(14)25/h5,7,9,12H,3-4,6,8,10-11H2,1-2H3,(H,26,30)(H,27,28). The van der Waals surface area contributed by atoms with Crippen LogP contribution in [-0.2, 0) is 31.9 Å². The summed E-state index contributed by atoms with van der Waals surface area (Å²) >= 11 is 13.1. The van der Waals surface area contributed by atoms with E-state index in [2.05, 4.69) is 17.6 Å². The van der Waals surface area contributed by atoms with Crippen molar-refractivity contribution in [2.75, 3.05) is 25.1 Å². The van der Waals surface area contributed by atoms with Crippen LogP contribution in [0.3, 0.4) is 0 Å². The zero-order chi connectivity index (χ0) is 24.8. The molecule has 1 aromatic carbocycles. The number of halogens is 2. The van der Waals surface area contributed by atoms with Crippen molar-refractivity contribution in [1.82, 2.24) is 5.32 Å². The predicted octanol–water partition coefficient (Wildman–Crippen LogP) is 4.27. The van der Waals surface area contributed by atoms with E-state index in [0.29, 0.717) is 21.5 Å². The van der Waals surface area contributed by atoms with Crippen LogP contribution in [0.15, 0.2) is 18.2 Å². The molecule has 0 fully saturated rings. The van der Waals surface area contributed by atoms with E-state index in [1.54, 1.807) is 6.92 Å². The molecule has 182 valence electrons. The second kappa shape index (κ2) is 11.7. The highest BCUT2D eigenvalue weighted by Gasteiger charge is 2.29. The average Bonchev–Trinajstić information content (AvgIpc) is 3.12. The lowest BCUT2D eigenvalue weighted by molar-refractivity contribution is -0.146. The first-order chi connectivity index (χ1) is 16.2. The van der Waals surface area contributed by atoms with E-state index in [9.17, 15) is 19.2 Å². The molecular formula is C23H24Cl2N2O6S. The normalized spacial score (nSPS) is 14.6. The zero-order valence-electron chi connectivity index (χ0n) is 18.7. The minimum atomic E-state index is -0.807. The van der Waals surface area contributed by atoms with Gasteiger partial charge in [-0.1, -0.05) is 30.1 Å². The molecule has 3 rings (SSSR count). The molecule has 1 heterocycles. The zero-order valence-corrected chi connectivity index (χ0v) is 21.0. The SMILES string of the molecule is CCOC(=O)c1c(NC(=O)COC(=O)CNC(=O)c2ccc(Cl)cc2Cl)sc2c1CCC(C)C2. The molecule has 8 nitrogen and oxygen atoms in total. The first kappa shape index (κ1) is 26.0. The Balaban J connectivity index is 1.56. The minimum absolute atomic E-state index is 0.142. The first-order valence-corrected chi connectivity index (χ1v) is 12.3. The molecule has 1 atom stereocenters. The number of fused-ring (bicyclic) bond motifs is 1. The maximum absolute atomic E-state index is 12.5. The fourth-order valence-electron chi connectivity index (χ4n) is 3.54. The summed E-state index contributed by atoms with van der Waals surface area (Å²) in [6.07, 6.45) is 2.52. The molecule has 0 saturated heterocycles. The van der Waals surface area contributed by atoms with Crippen molar-refractivity contribution in [2.24, 2.45) is 5.92 Å². The summed E-state index contributed by atoms with van der Waals surface area (Å²) in [6.45, 7) is 3.06. The molecule has 0 spiro atoms. The maximum atomic E-state index is 12.5. The molecule has 34 heavy (non-hydrogen) atoms. The van der Waals surface area contributed by atoms with Crippen molar-refractivity contribution in [3.63, 3.8) is 0 Å². The lowest BCUT2D eigenvalue weighted by Gasteiger charge is -2.18. The molecule has 0 bridgehead atoms. The number of carbonyl (C=O) groups excluding carboxylic acids is 4. The minimum Gasteiger partial charge on any atom is -0.462 e. The Bertz CT molecular complexity index is 1120. The third kappa shape index (κ3) is 6.49. The molecule has 2 aromatic rings. The van der Waals surface area contributed by atoms with Gasteiger partial charge in [-0.2, -0.15) is 0 Å². The molecular weight excluding hydrogens is 503 g/mol. The highest BCUT2D eigenvalue weighted by atomic mass is 35.5. The summed E-state index contributed by atoms with van der Waals surface area (Å²) in [5, 5.41) is 5.95. The van der Waals surface area contributed by atoms with Crippen LogP contribution in [-0.4, -0.2) is 43.5 Å². The number of anilines is 1. The fraction of sp³-hybridized carbons (Fsp3) is 0.391. The molecule has 2 N–H and O–H groups in total. The summed E-state index contributed by atoms with van der Waals surface area (Å²) in [5.41, 5.74) is 1.44. The van der Waals surface area contributed by atoms with Crippen molar-refractivity contribution in [2.45, 2.75) is 33.1 Å². The quantitative estimate of drug-likeness (QED) is 0.497. The first-order valence-electron chi connectivity index (χ1n) is 10.7. The Morgan fingerprint density at radius 1 is 1.18 bits per heavy atom. The van der Waals surface area contributed by atoms with Gasteiger partial charge in [0.25, 0.3) is 11.8 Å². The van der Waals surface area contributed by atoms with Crippen LogP contribution in [0.2, 0.25) is 10.0 Å². The lowest BCUT2D eigenvalue weighted by Crippen LogP contribution is -2.32. The number of benzene rings is 1.